The number of piperidine rings is 1. The third-order valence-corrected chi connectivity index (χ3v) is 3.69. The number of pyridine rings is 1. The number of carbonyl (C=O) groups is 3. The van der Waals surface area contributed by atoms with Crippen LogP contribution in [0.25, 0.3) is 0 Å². The van der Waals surface area contributed by atoms with Gasteiger partial charge in [0, 0.05) is 25.2 Å². The molecule has 3 N–H and O–H groups in total. The molecule has 1 aromatic heterocycles. The molecule has 0 unspecified atom stereocenters. The number of carbonyl (C=O) groups excluding carboxylic acids is 3. The van der Waals surface area contributed by atoms with Crippen LogP contribution < -0.4 is 11.1 Å². The first-order valence-electron chi connectivity index (χ1n) is 6.49. The van der Waals surface area contributed by atoms with Gasteiger partial charge in [-0.2, -0.15) is 0 Å². The number of anilines is 1. The van der Waals surface area contributed by atoms with E-state index in [-0.39, 0.29) is 22.7 Å². The van der Waals surface area contributed by atoms with Crippen molar-refractivity contribution in [1.29, 1.82) is 0 Å². The number of amides is 3. The number of primary amides is 1. The number of likely N-dealkylation sites (tertiary alicyclic amines) is 1. The second kappa shape index (κ2) is 6.53. The molecule has 0 aliphatic carbocycles. The molecule has 0 saturated carbocycles. The molecule has 2 heterocycles. The number of aromatic nitrogens is 1. The zero-order valence-corrected chi connectivity index (χ0v) is 12.0. The van der Waals surface area contributed by atoms with E-state index in [2.05, 4.69) is 10.3 Å². The van der Waals surface area contributed by atoms with Crippen molar-refractivity contribution in [2.24, 2.45) is 11.7 Å². The van der Waals surface area contributed by atoms with Crippen LogP contribution in [0.3, 0.4) is 0 Å². The highest BCUT2D eigenvalue weighted by atomic mass is 35.5. The van der Waals surface area contributed by atoms with Gasteiger partial charge in [0.1, 0.15) is 0 Å². The number of hydrogen-bond donors (Lipinski definition) is 2. The van der Waals surface area contributed by atoms with Crippen LogP contribution in [0.5, 0.6) is 0 Å². The lowest BCUT2D eigenvalue weighted by atomic mass is 9.96. The molecule has 1 saturated heterocycles. The average molecular weight is 311 g/mol. The molecule has 2 rings (SSSR count). The normalized spacial score (nSPS) is 15.6. The van der Waals surface area contributed by atoms with Crippen LogP contribution in [0.15, 0.2) is 18.3 Å². The summed E-state index contributed by atoms with van der Waals surface area (Å²) in [4.78, 5) is 40.2. The van der Waals surface area contributed by atoms with Crippen LogP contribution in [-0.4, -0.2) is 40.7 Å². The van der Waals surface area contributed by atoms with Gasteiger partial charge in [0.25, 0.3) is 0 Å². The Morgan fingerprint density at radius 2 is 2.00 bits per heavy atom. The highest BCUT2D eigenvalue weighted by molar-refractivity contribution is 6.41. The zero-order chi connectivity index (χ0) is 15.4. The van der Waals surface area contributed by atoms with E-state index in [0.29, 0.717) is 25.9 Å². The summed E-state index contributed by atoms with van der Waals surface area (Å²) in [5.41, 5.74) is 5.51. The summed E-state index contributed by atoms with van der Waals surface area (Å²) in [7, 11) is 0. The van der Waals surface area contributed by atoms with Crippen molar-refractivity contribution in [2.75, 3.05) is 18.4 Å². The van der Waals surface area contributed by atoms with Crippen molar-refractivity contribution in [3.05, 3.63) is 23.5 Å². The summed E-state index contributed by atoms with van der Waals surface area (Å²) in [5, 5.41) is 2.54. The Kier molecular flexibility index (Phi) is 4.74. The van der Waals surface area contributed by atoms with Gasteiger partial charge >= 0.3 is 11.8 Å². The fraction of sp³-hybridized carbons (Fsp3) is 0.385. The molecule has 21 heavy (non-hydrogen) atoms. The van der Waals surface area contributed by atoms with E-state index in [1.54, 1.807) is 12.1 Å². The van der Waals surface area contributed by atoms with Crippen LogP contribution in [0.2, 0.25) is 5.15 Å². The third kappa shape index (κ3) is 3.69. The Morgan fingerprint density at radius 3 is 2.57 bits per heavy atom. The lowest BCUT2D eigenvalue weighted by molar-refractivity contribution is -0.144. The van der Waals surface area contributed by atoms with E-state index in [0.717, 1.165) is 0 Å². The first kappa shape index (κ1) is 15.2. The minimum absolute atomic E-state index is 0.117. The quantitative estimate of drug-likeness (QED) is 0.609. The molecule has 1 aliphatic rings. The summed E-state index contributed by atoms with van der Waals surface area (Å²) < 4.78 is 0. The van der Waals surface area contributed by atoms with Crippen LogP contribution in [0.1, 0.15) is 12.8 Å². The van der Waals surface area contributed by atoms with Gasteiger partial charge in [0.2, 0.25) is 5.91 Å². The predicted molar refractivity (Wildman–Crippen MR) is 76.4 cm³/mol. The van der Waals surface area contributed by atoms with Gasteiger partial charge in [-0.25, -0.2) is 4.98 Å². The predicted octanol–water partition coefficient (Wildman–Crippen LogP) is 0.397. The van der Waals surface area contributed by atoms with Crippen LogP contribution in [0.4, 0.5) is 5.69 Å². The maximum absolute atomic E-state index is 12.0. The van der Waals surface area contributed by atoms with Crippen molar-refractivity contribution in [3.8, 4) is 0 Å². The van der Waals surface area contributed by atoms with E-state index in [9.17, 15) is 14.4 Å². The maximum Gasteiger partial charge on any atom is 0.313 e. The molecule has 0 spiro atoms. The molecule has 7 nitrogen and oxygen atoms in total. The van der Waals surface area contributed by atoms with Crippen molar-refractivity contribution in [2.45, 2.75) is 12.8 Å². The van der Waals surface area contributed by atoms with E-state index < -0.39 is 11.8 Å². The second-order valence-corrected chi connectivity index (χ2v) is 5.12. The minimum Gasteiger partial charge on any atom is -0.369 e. The van der Waals surface area contributed by atoms with Crippen molar-refractivity contribution in [3.63, 3.8) is 0 Å². The van der Waals surface area contributed by atoms with Gasteiger partial charge in [-0.05, 0) is 25.0 Å². The van der Waals surface area contributed by atoms with Crippen LogP contribution in [-0.2, 0) is 14.4 Å². The van der Waals surface area contributed by atoms with E-state index >= 15 is 0 Å². The number of nitrogens with one attached hydrogen (secondary N) is 1. The van der Waals surface area contributed by atoms with Gasteiger partial charge in [-0.1, -0.05) is 11.6 Å². The van der Waals surface area contributed by atoms with E-state index in [1.165, 1.54) is 11.1 Å². The Balaban J connectivity index is 1.93. The molecular formula is C13H15ClN4O3. The molecule has 0 aromatic carbocycles. The highest BCUT2D eigenvalue weighted by Gasteiger charge is 2.29. The molecule has 1 fully saturated rings. The molecule has 1 aliphatic heterocycles. The largest absolute Gasteiger partial charge is 0.369 e. The standard InChI is InChI=1S/C13H15ClN4O3/c14-10-9(2-1-5-16-10)17-12(20)13(21)18-6-3-8(4-7-18)11(15)19/h1-2,5,8H,3-4,6-7H2,(H2,15,19)(H,17,20). The highest BCUT2D eigenvalue weighted by Crippen LogP contribution is 2.19. The number of nitrogens with zero attached hydrogens (tertiary/aromatic N) is 2. The monoisotopic (exact) mass is 310 g/mol. The SMILES string of the molecule is NC(=O)C1CCN(C(=O)C(=O)Nc2cccnc2Cl)CC1. The van der Waals surface area contributed by atoms with Gasteiger partial charge in [0.15, 0.2) is 5.15 Å². The number of hydrogen-bond acceptors (Lipinski definition) is 4. The lowest BCUT2D eigenvalue weighted by Gasteiger charge is -2.29. The minimum atomic E-state index is -0.776. The summed E-state index contributed by atoms with van der Waals surface area (Å²) in [6.07, 6.45) is 2.43. The summed E-state index contributed by atoms with van der Waals surface area (Å²) in [6, 6.07) is 3.16. The summed E-state index contributed by atoms with van der Waals surface area (Å²) in [5.74, 6) is -2.03. The Morgan fingerprint density at radius 1 is 1.33 bits per heavy atom. The smallest absolute Gasteiger partial charge is 0.313 e. The molecule has 0 bridgehead atoms. The van der Waals surface area contributed by atoms with Gasteiger partial charge in [0.05, 0.1) is 5.69 Å². The summed E-state index contributed by atoms with van der Waals surface area (Å²) >= 11 is 5.81. The summed E-state index contributed by atoms with van der Waals surface area (Å²) in [6.45, 7) is 0.668. The van der Waals surface area contributed by atoms with Crippen molar-refractivity contribution in [1.82, 2.24) is 9.88 Å². The number of halogens is 1. The first-order valence-corrected chi connectivity index (χ1v) is 6.87. The number of rotatable bonds is 2. The van der Waals surface area contributed by atoms with Crippen molar-refractivity contribution >= 4 is 35.0 Å². The molecule has 112 valence electrons. The van der Waals surface area contributed by atoms with Gasteiger partial charge < -0.3 is 16.0 Å². The number of nitrogens with two attached hydrogens (primary N) is 1. The fourth-order valence-corrected chi connectivity index (χ4v) is 2.33. The third-order valence-electron chi connectivity index (χ3n) is 3.39. The molecule has 3 amide bonds. The van der Waals surface area contributed by atoms with Crippen LogP contribution >= 0.6 is 11.6 Å². The maximum atomic E-state index is 12.0. The van der Waals surface area contributed by atoms with E-state index in [1.807, 2.05) is 0 Å². The van der Waals surface area contributed by atoms with Gasteiger partial charge in [-0.3, -0.25) is 14.4 Å². The zero-order valence-electron chi connectivity index (χ0n) is 11.2. The first-order chi connectivity index (χ1) is 9.99. The lowest BCUT2D eigenvalue weighted by Crippen LogP contribution is -2.46. The Bertz CT molecular complexity index is 570. The van der Waals surface area contributed by atoms with E-state index in [4.69, 9.17) is 17.3 Å². The fourth-order valence-electron chi connectivity index (χ4n) is 2.17. The topological polar surface area (TPSA) is 105 Å². The Labute approximate surface area is 126 Å². The molecule has 1 aromatic rings. The van der Waals surface area contributed by atoms with Gasteiger partial charge in [-0.15, -0.1) is 0 Å². The van der Waals surface area contributed by atoms with Crippen LogP contribution in [0, 0.1) is 5.92 Å². The Hall–Kier alpha value is -2.15. The molecule has 0 atom stereocenters. The van der Waals surface area contributed by atoms with Crippen molar-refractivity contribution < 1.29 is 14.4 Å². The second-order valence-electron chi connectivity index (χ2n) is 4.76. The molecular weight excluding hydrogens is 296 g/mol. The molecule has 8 heteroatoms. The average Bonchev–Trinajstić information content (AvgIpc) is 2.49. The molecule has 0 radical (unpaired) electrons.